The number of carboxylic acid groups (broad SMARTS) is 1. The van der Waals surface area contributed by atoms with Crippen molar-refractivity contribution in [2.75, 3.05) is 26.4 Å². The molecule has 0 spiro atoms. The van der Waals surface area contributed by atoms with Crippen molar-refractivity contribution in [1.29, 1.82) is 0 Å². The number of benzene rings is 2. The fourth-order valence-corrected chi connectivity index (χ4v) is 2.64. The van der Waals surface area contributed by atoms with Gasteiger partial charge in [0, 0.05) is 35.4 Å². The third-order valence-electron chi connectivity index (χ3n) is 4.41. The molecule has 0 aliphatic carbocycles. The van der Waals surface area contributed by atoms with Crippen LogP contribution in [0.4, 0.5) is 11.4 Å². The van der Waals surface area contributed by atoms with Gasteiger partial charge in [0.25, 0.3) is 23.2 Å². The molecule has 0 unspecified atom stereocenters. The fourth-order valence-electron chi connectivity index (χ4n) is 2.64. The molecule has 184 valence electrons. The number of nitro groups is 2. The van der Waals surface area contributed by atoms with Crippen LogP contribution < -0.4 is 16.0 Å². The molecule has 0 saturated heterocycles. The Kier molecular flexibility index (Phi) is 9.30. The summed E-state index contributed by atoms with van der Waals surface area (Å²) >= 11 is 0. The highest BCUT2D eigenvalue weighted by atomic mass is 16.6. The average Bonchev–Trinajstić information content (AvgIpc) is 2.84. The molecule has 0 radical (unpaired) electrons. The van der Waals surface area contributed by atoms with E-state index < -0.39 is 46.6 Å². The second kappa shape index (κ2) is 12.4. The van der Waals surface area contributed by atoms with Crippen molar-refractivity contribution in [2.24, 2.45) is 0 Å². The molecule has 0 aliphatic heterocycles. The highest BCUT2D eigenvalue weighted by molar-refractivity contribution is 5.95. The van der Waals surface area contributed by atoms with E-state index in [2.05, 4.69) is 16.0 Å². The predicted molar refractivity (Wildman–Crippen MR) is 118 cm³/mol. The zero-order valence-corrected chi connectivity index (χ0v) is 18.0. The summed E-state index contributed by atoms with van der Waals surface area (Å²) in [5, 5.41) is 37.3. The summed E-state index contributed by atoms with van der Waals surface area (Å²) in [6, 6.07) is 9.57. The van der Waals surface area contributed by atoms with E-state index in [9.17, 15) is 39.4 Å². The Morgan fingerprint density at radius 2 is 1.14 bits per heavy atom. The van der Waals surface area contributed by atoms with E-state index in [-0.39, 0.29) is 35.8 Å². The number of rotatable bonds is 12. The lowest BCUT2D eigenvalue weighted by Crippen LogP contribution is -2.48. The van der Waals surface area contributed by atoms with Crippen molar-refractivity contribution in [3.63, 3.8) is 0 Å². The molecule has 15 heteroatoms. The fraction of sp³-hybridized carbons (Fsp3) is 0.200. The van der Waals surface area contributed by atoms with E-state index in [1.807, 2.05) is 0 Å². The van der Waals surface area contributed by atoms with Crippen LogP contribution in [0.3, 0.4) is 0 Å². The summed E-state index contributed by atoms with van der Waals surface area (Å²) in [4.78, 5) is 68.9. The summed E-state index contributed by atoms with van der Waals surface area (Å²) in [7, 11) is 0. The maximum absolute atomic E-state index is 12.3. The molecule has 4 N–H and O–H groups in total. The first-order valence-electron chi connectivity index (χ1n) is 9.83. The Labute approximate surface area is 197 Å². The maximum atomic E-state index is 12.3. The zero-order chi connectivity index (χ0) is 26.0. The summed E-state index contributed by atoms with van der Waals surface area (Å²) < 4.78 is 0. The third-order valence-corrected chi connectivity index (χ3v) is 4.41. The molecule has 0 fully saturated rings. The zero-order valence-electron chi connectivity index (χ0n) is 18.0. The number of carbonyl (C=O) groups excluding carboxylic acids is 3. The lowest BCUT2D eigenvalue weighted by Gasteiger charge is -2.22. The van der Waals surface area contributed by atoms with Crippen molar-refractivity contribution in [2.45, 2.75) is 0 Å². The number of carboxylic acids is 1. The number of aliphatic carboxylic acids is 1. The van der Waals surface area contributed by atoms with Gasteiger partial charge in [-0.15, -0.1) is 0 Å². The number of hydrogen-bond donors (Lipinski definition) is 4. The minimum absolute atomic E-state index is 0.112. The number of carbonyl (C=O) groups is 4. The van der Waals surface area contributed by atoms with Crippen molar-refractivity contribution in [3.8, 4) is 0 Å². The molecule has 3 amide bonds. The first kappa shape index (κ1) is 26.3. The van der Waals surface area contributed by atoms with Crippen LogP contribution in [0.1, 0.15) is 20.7 Å². The van der Waals surface area contributed by atoms with E-state index in [4.69, 9.17) is 5.11 Å². The Balaban J connectivity index is 2.01. The van der Waals surface area contributed by atoms with Crippen LogP contribution in [-0.2, 0) is 9.59 Å². The monoisotopic (exact) mass is 488 g/mol. The van der Waals surface area contributed by atoms with Crippen LogP contribution >= 0.6 is 0 Å². The summed E-state index contributed by atoms with van der Waals surface area (Å²) in [6.45, 7) is -1.53. The smallest absolute Gasteiger partial charge is 0.322 e. The summed E-state index contributed by atoms with van der Waals surface area (Å²) in [6.07, 6.45) is 0. The lowest BCUT2D eigenvalue weighted by molar-refractivity contribution is -0.385. The molecule has 35 heavy (non-hydrogen) atoms. The first-order valence-corrected chi connectivity index (χ1v) is 9.83. The molecule has 0 bridgehead atoms. The van der Waals surface area contributed by atoms with Crippen LogP contribution in [0.2, 0.25) is 0 Å². The van der Waals surface area contributed by atoms with E-state index in [0.29, 0.717) is 0 Å². The van der Waals surface area contributed by atoms with Crippen LogP contribution in [0, 0.1) is 20.2 Å². The topological polar surface area (TPSA) is 214 Å². The Morgan fingerprint density at radius 1 is 0.743 bits per heavy atom. The number of non-ortho nitro benzene ring substituents is 2. The van der Waals surface area contributed by atoms with Gasteiger partial charge in [0.05, 0.1) is 29.7 Å². The molecule has 0 atom stereocenters. The second-order valence-electron chi connectivity index (χ2n) is 6.94. The largest absolute Gasteiger partial charge is 0.480 e. The van der Waals surface area contributed by atoms with Gasteiger partial charge in [-0.2, -0.15) is 0 Å². The molecule has 15 nitrogen and oxygen atoms in total. The van der Waals surface area contributed by atoms with Gasteiger partial charge in [-0.1, -0.05) is 0 Å². The average molecular weight is 488 g/mol. The first-order chi connectivity index (χ1) is 16.6. The molecule has 0 heterocycles. The number of nitrogens with one attached hydrogen (secondary N) is 3. The van der Waals surface area contributed by atoms with Crippen molar-refractivity contribution < 1.29 is 34.1 Å². The van der Waals surface area contributed by atoms with Crippen LogP contribution in [0.5, 0.6) is 0 Å². The van der Waals surface area contributed by atoms with E-state index >= 15 is 0 Å². The van der Waals surface area contributed by atoms with Gasteiger partial charge in [0.15, 0.2) is 0 Å². The summed E-state index contributed by atoms with van der Waals surface area (Å²) in [5.74, 6) is -3.18. The maximum Gasteiger partial charge on any atom is 0.322 e. The molecule has 0 saturated carbocycles. The van der Waals surface area contributed by atoms with Gasteiger partial charge in [-0.25, -0.2) is 0 Å². The minimum Gasteiger partial charge on any atom is -0.480 e. The van der Waals surface area contributed by atoms with Gasteiger partial charge < -0.3 is 21.1 Å². The highest BCUT2D eigenvalue weighted by Gasteiger charge is 2.16. The van der Waals surface area contributed by atoms with E-state index in [1.165, 1.54) is 29.2 Å². The summed E-state index contributed by atoms with van der Waals surface area (Å²) in [5.41, 5.74) is -0.180. The van der Waals surface area contributed by atoms with Crippen molar-refractivity contribution >= 4 is 35.1 Å². The van der Waals surface area contributed by atoms with Gasteiger partial charge in [0.2, 0.25) is 5.91 Å². The Morgan fingerprint density at radius 3 is 1.49 bits per heavy atom. The number of hydrogen-bond acceptors (Lipinski definition) is 9. The number of nitro benzene ring substituents is 2. The van der Waals surface area contributed by atoms with E-state index in [1.54, 1.807) is 0 Å². The van der Waals surface area contributed by atoms with Crippen molar-refractivity contribution in [3.05, 3.63) is 79.9 Å². The van der Waals surface area contributed by atoms with E-state index in [0.717, 1.165) is 24.3 Å². The van der Waals surface area contributed by atoms with Crippen LogP contribution in [0.15, 0.2) is 48.5 Å². The van der Waals surface area contributed by atoms with Gasteiger partial charge in [0.1, 0.15) is 6.54 Å². The standard InChI is InChI=1S/C20H20N6O9/c27-17(21-9-18(28)29)10-24(11-22-19(30)13-1-5-15(6-2-13)25(32)33)12-23-20(31)14-3-7-16(8-4-14)26(34)35/h1-8H,9-12H2,(H,21,27)(H,22,30)(H,23,31)(H,28,29). The normalized spacial score (nSPS) is 10.3. The third kappa shape index (κ3) is 8.50. The quantitative estimate of drug-likeness (QED) is 0.179. The molecule has 0 aliphatic rings. The SMILES string of the molecule is O=C(O)CNC(=O)CN(CNC(=O)c1ccc([N+](=O)[O-])cc1)CNC(=O)c1ccc([N+](=O)[O-])cc1. The van der Waals surface area contributed by atoms with Gasteiger partial charge >= 0.3 is 5.97 Å². The lowest BCUT2D eigenvalue weighted by atomic mass is 10.2. The second-order valence-corrected chi connectivity index (χ2v) is 6.94. The van der Waals surface area contributed by atoms with Crippen LogP contribution in [0.25, 0.3) is 0 Å². The molecular weight excluding hydrogens is 468 g/mol. The highest BCUT2D eigenvalue weighted by Crippen LogP contribution is 2.12. The van der Waals surface area contributed by atoms with Crippen LogP contribution in [-0.4, -0.2) is 70.0 Å². The Bertz CT molecular complexity index is 1050. The number of amides is 3. The van der Waals surface area contributed by atoms with Crippen molar-refractivity contribution in [1.82, 2.24) is 20.9 Å². The molecule has 2 aromatic carbocycles. The predicted octanol–water partition coefficient (Wildman–Crippen LogP) is 0.0806. The Hall–Kier alpha value is -4.92. The minimum atomic E-state index is -1.26. The molecule has 2 rings (SSSR count). The number of nitrogens with zero attached hydrogens (tertiary/aromatic N) is 3. The molecule has 0 aromatic heterocycles. The van der Waals surface area contributed by atoms with Gasteiger partial charge in [-0.05, 0) is 24.3 Å². The molecular formula is C20H20N6O9. The van der Waals surface area contributed by atoms with Gasteiger partial charge in [-0.3, -0.25) is 44.3 Å². The molecule has 2 aromatic rings.